The number of benzene rings is 1. The highest BCUT2D eigenvalue weighted by Crippen LogP contribution is 2.29. The average Bonchev–Trinajstić information content (AvgIpc) is 2.38. The van der Waals surface area contributed by atoms with Crippen LogP contribution in [0.3, 0.4) is 0 Å². The van der Waals surface area contributed by atoms with Crippen molar-refractivity contribution in [1.29, 1.82) is 0 Å². The van der Waals surface area contributed by atoms with Gasteiger partial charge in [-0.1, -0.05) is 18.6 Å². The molecule has 0 aliphatic carbocycles. The Bertz CT molecular complexity index is 329. The first-order valence-corrected chi connectivity index (χ1v) is 6.88. The molecule has 2 rings (SSSR count). The maximum absolute atomic E-state index is 5.34. The molecule has 1 aliphatic heterocycles. The van der Waals surface area contributed by atoms with Gasteiger partial charge < -0.3 is 10.1 Å². The fourth-order valence-corrected chi connectivity index (χ4v) is 3.13. The molecule has 1 heterocycles. The minimum atomic E-state index is 0. The van der Waals surface area contributed by atoms with Gasteiger partial charge in [-0.25, -0.2) is 0 Å². The number of piperidine rings is 1. The standard InChI is InChI=1S/C13H19NOS.ClH/c1-15-12-7-2-3-8-13(12)16-10-11-6-4-5-9-14-11;/h2-3,7-8,11,14H,4-6,9-10H2,1H3;1H. The smallest absolute Gasteiger partial charge is 0.132 e. The van der Waals surface area contributed by atoms with Crippen molar-refractivity contribution < 1.29 is 4.74 Å². The van der Waals surface area contributed by atoms with E-state index in [0.29, 0.717) is 6.04 Å². The summed E-state index contributed by atoms with van der Waals surface area (Å²) in [7, 11) is 1.73. The van der Waals surface area contributed by atoms with Crippen LogP contribution in [0.5, 0.6) is 5.75 Å². The van der Waals surface area contributed by atoms with Crippen LogP contribution in [0.2, 0.25) is 0 Å². The zero-order chi connectivity index (χ0) is 11.2. The lowest BCUT2D eigenvalue weighted by Gasteiger charge is -2.23. The molecule has 1 saturated heterocycles. The Morgan fingerprint density at radius 3 is 2.88 bits per heavy atom. The van der Waals surface area contributed by atoms with Gasteiger partial charge in [0.15, 0.2) is 0 Å². The molecule has 0 radical (unpaired) electrons. The van der Waals surface area contributed by atoms with Crippen LogP contribution < -0.4 is 10.1 Å². The summed E-state index contributed by atoms with van der Waals surface area (Å²) in [6.45, 7) is 1.18. The first kappa shape index (κ1) is 14.7. The SMILES string of the molecule is COc1ccccc1SCC1CCCCN1.Cl. The topological polar surface area (TPSA) is 21.3 Å². The van der Waals surface area contributed by atoms with Crippen LogP contribution in [0.15, 0.2) is 29.2 Å². The summed E-state index contributed by atoms with van der Waals surface area (Å²) in [6.07, 6.45) is 4.00. The summed E-state index contributed by atoms with van der Waals surface area (Å²) in [5.41, 5.74) is 0. The highest BCUT2D eigenvalue weighted by atomic mass is 35.5. The van der Waals surface area contributed by atoms with Crippen LogP contribution >= 0.6 is 24.2 Å². The number of thioether (sulfide) groups is 1. The molecule has 1 unspecified atom stereocenters. The third-order valence-corrected chi connectivity index (χ3v) is 4.14. The second-order valence-corrected chi connectivity index (χ2v) is 5.17. The third kappa shape index (κ3) is 4.41. The van der Waals surface area contributed by atoms with E-state index in [1.54, 1.807) is 7.11 Å². The Morgan fingerprint density at radius 1 is 1.35 bits per heavy atom. The molecule has 1 N–H and O–H groups in total. The fourth-order valence-electron chi connectivity index (χ4n) is 1.99. The zero-order valence-electron chi connectivity index (χ0n) is 10.1. The van der Waals surface area contributed by atoms with Gasteiger partial charge in [-0.3, -0.25) is 0 Å². The van der Waals surface area contributed by atoms with Gasteiger partial charge in [0, 0.05) is 16.7 Å². The average molecular weight is 274 g/mol. The first-order valence-electron chi connectivity index (χ1n) is 5.89. The van der Waals surface area contributed by atoms with Gasteiger partial charge in [-0.15, -0.1) is 24.2 Å². The van der Waals surface area contributed by atoms with E-state index >= 15 is 0 Å². The highest BCUT2D eigenvalue weighted by molar-refractivity contribution is 7.99. The molecule has 0 amide bonds. The van der Waals surface area contributed by atoms with Crippen molar-refractivity contribution in [1.82, 2.24) is 5.32 Å². The molecule has 1 atom stereocenters. The van der Waals surface area contributed by atoms with Crippen LogP contribution in [0.4, 0.5) is 0 Å². The molecule has 0 bridgehead atoms. The van der Waals surface area contributed by atoms with Crippen molar-refractivity contribution in [3.8, 4) is 5.75 Å². The molecule has 2 nitrogen and oxygen atoms in total. The third-order valence-electron chi connectivity index (χ3n) is 2.92. The number of methoxy groups -OCH3 is 1. The van der Waals surface area contributed by atoms with E-state index in [9.17, 15) is 0 Å². The number of rotatable bonds is 4. The Morgan fingerprint density at radius 2 is 2.18 bits per heavy atom. The summed E-state index contributed by atoms with van der Waals surface area (Å²) in [4.78, 5) is 1.25. The van der Waals surface area contributed by atoms with Crippen LogP contribution in [0.1, 0.15) is 19.3 Å². The maximum atomic E-state index is 5.34. The Hall–Kier alpha value is -0.380. The Labute approximate surface area is 114 Å². The molecule has 1 aromatic carbocycles. The van der Waals surface area contributed by atoms with E-state index in [1.165, 1.54) is 30.7 Å². The van der Waals surface area contributed by atoms with E-state index in [4.69, 9.17) is 4.74 Å². The summed E-state index contributed by atoms with van der Waals surface area (Å²) in [5, 5.41) is 3.57. The molecule has 1 aromatic rings. The van der Waals surface area contributed by atoms with Crippen molar-refractivity contribution in [2.75, 3.05) is 19.4 Å². The van der Waals surface area contributed by atoms with Crippen LogP contribution in [0.25, 0.3) is 0 Å². The molecule has 0 aromatic heterocycles. The molecular formula is C13H20ClNOS. The van der Waals surface area contributed by atoms with Crippen molar-refractivity contribution in [3.63, 3.8) is 0 Å². The second kappa shape index (κ2) is 7.85. The quantitative estimate of drug-likeness (QED) is 0.850. The molecule has 4 heteroatoms. The van der Waals surface area contributed by atoms with E-state index in [0.717, 1.165) is 11.5 Å². The van der Waals surface area contributed by atoms with Gasteiger partial charge >= 0.3 is 0 Å². The number of para-hydroxylation sites is 1. The minimum Gasteiger partial charge on any atom is -0.496 e. The fraction of sp³-hybridized carbons (Fsp3) is 0.538. The molecular weight excluding hydrogens is 254 g/mol. The monoisotopic (exact) mass is 273 g/mol. The minimum absolute atomic E-state index is 0. The van der Waals surface area contributed by atoms with Crippen LogP contribution in [-0.4, -0.2) is 25.4 Å². The van der Waals surface area contributed by atoms with Gasteiger partial charge in [0.25, 0.3) is 0 Å². The summed E-state index contributed by atoms with van der Waals surface area (Å²) >= 11 is 1.89. The second-order valence-electron chi connectivity index (χ2n) is 4.11. The number of ether oxygens (including phenoxy) is 1. The Balaban J connectivity index is 0.00000144. The largest absolute Gasteiger partial charge is 0.496 e. The number of nitrogens with one attached hydrogen (secondary N) is 1. The van der Waals surface area contributed by atoms with E-state index in [2.05, 4.69) is 17.4 Å². The first-order chi connectivity index (χ1) is 7.90. The lowest BCUT2D eigenvalue weighted by atomic mass is 10.1. The van der Waals surface area contributed by atoms with Crippen LogP contribution in [-0.2, 0) is 0 Å². The molecule has 0 saturated carbocycles. The summed E-state index contributed by atoms with van der Waals surface area (Å²) < 4.78 is 5.34. The molecule has 17 heavy (non-hydrogen) atoms. The van der Waals surface area contributed by atoms with E-state index in [-0.39, 0.29) is 12.4 Å². The lowest BCUT2D eigenvalue weighted by molar-refractivity contribution is 0.404. The lowest BCUT2D eigenvalue weighted by Crippen LogP contribution is -2.35. The van der Waals surface area contributed by atoms with E-state index < -0.39 is 0 Å². The van der Waals surface area contributed by atoms with Crippen molar-refractivity contribution in [2.24, 2.45) is 0 Å². The van der Waals surface area contributed by atoms with Crippen LogP contribution in [0, 0.1) is 0 Å². The van der Waals surface area contributed by atoms with Gasteiger partial charge in [0.05, 0.1) is 7.11 Å². The molecule has 0 spiro atoms. The zero-order valence-corrected chi connectivity index (χ0v) is 11.8. The van der Waals surface area contributed by atoms with E-state index in [1.807, 2.05) is 23.9 Å². The summed E-state index contributed by atoms with van der Waals surface area (Å²) in [6, 6.07) is 8.91. The molecule has 1 aliphatic rings. The van der Waals surface area contributed by atoms with Gasteiger partial charge in [-0.2, -0.15) is 0 Å². The van der Waals surface area contributed by atoms with Gasteiger partial charge in [0.1, 0.15) is 5.75 Å². The number of hydrogen-bond donors (Lipinski definition) is 1. The molecule has 96 valence electrons. The van der Waals surface area contributed by atoms with Gasteiger partial charge in [0.2, 0.25) is 0 Å². The molecule has 1 fully saturated rings. The number of hydrogen-bond acceptors (Lipinski definition) is 3. The summed E-state index contributed by atoms with van der Waals surface area (Å²) in [5.74, 6) is 2.13. The maximum Gasteiger partial charge on any atom is 0.132 e. The normalized spacial score (nSPS) is 19.5. The van der Waals surface area contributed by atoms with Crippen molar-refractivity contribution in [3.05, 3.63) is 24.3 Å². The van der Waals surface area contributed by atoms with Gasteiger partial charge in [-0.05, 0) is 31.5 Å². The highest BCUT2D eigenvalue weighted by Gasteiger charge is 2.13. The Kier molecular flexibility index (Phi) is 6.78. The number of halogens is 1. The predicted molar refractivity (Wildman–Crippen MR) is 76.6 cm³/mol. The van der Waals surface area contributed by atoms with Crippen molar-refractivity contribution in [2.45, 2.75) is 30.2 Å². The predicted octanol–water partition coefficient (Wildman–Crippen LogP) is 3.35. The van der Waals surface area contributed by atoms with Crippen molar-refractivity contribution >= 4 is 24.2 Å².